The molecule has 1 unspecified atom stereocenters. The van der Waals surface area contributed by atoms with Gasteiger partial charge in [-0.05, 0) is 49.9 Å². The molecule has 0 aromatic heterocycles. The highest BCUT2D eigenvalue weighted by Gasteiger charge is 2.20. The first kappa shape index (κ1) is 19.0. The Hall–Kier alpha value is -2.33. The molecule has 0 amide bonds. The summed E-state index contributed by atoms with van der Waals surface area (Å²) in [5, 5.41) is 9.28. The second-order valence-electron chi connectivity index (χ2n) is 6.30. The Balaban J connectivity index is 1.84. The molecule has 4 nitrogen and oxygen atoms in total. The van der Waals surface area contributed by atoms with Crippen molar-refractivity contribution in [3.05, 3.63) is 65.7 Å². The predicted molar refractivity (Wildman–Crippen MR) is 98.0 cm³/mol. The number of rotatable bonds is 10. The smallest absolute Gasteiger partial charge is 0.333 e. The topological polar surface area (TPSA) is 55.8 Å². The van der Waals surface area contributed by atoms with Crippen molar-refractivity contribution < 1.29 is 19.4 Å². The molecule has 2 aromatic rings. The van der Waals surface area contributed by atoms with E-state index in [2.05, 4.69) is 12.1 Å². The van der Waals surface area contributed by atoms with Gasteiger partial charge in [-0.25, -0.2) is 4.79 Å². The molecule has 134 valence electrons. The van der Waals surface area contributed by atoms with E-state index >= 15 is 0 Å². The first-order chi connectivity index (χ1) is 12.0. The third-order valence-electron chi connectivity index (χ3n) is 3.75. The second-order valence-corrected chi connectivity index (χ2v) is 6.30. The minimum Gasteiger partial charge on any atom is -0.494 e. The van der Waals surface area contributed by atoms with Crippen LogP contribution in [0.4, 0.5) is 0 Å². The van der Waals surface area contributed by atoms with E-state index in [-0.39, 0.29) is 6.10 Å². The van der Waals surface area contributed by atoms with Gasteiger partial charge in [0.15, 0.2) is 6.10 Å². The Morgan fingerprint density at radius 3 is 2.44 bits per heavy atom. The summed E-state index contributed by atoms with van der Waals surface area (Å²) in [4.78, 5) is 11.3. The second kappa shape index (κ2) is 9.84. The van der Waals surface area contributed by atoms with Gasteiger partial charge in [-0.3, -0.25) is 0 Å². The van der Waals surface area contributed by atoms with Gasteiger partial charge in [0.25, 0.3) is 0 Å². The summed E-state index contributed by atoms with van der Waals surface area (Å²) >= 11 is 0. The molecular formula is C21H26O4. The molecule has 0 saturated carbocycles. The minimum atomic E-state index is -0.942. The summed E-state index contributed by atoms with van der Waals surface area (Å²) in [6.45, 7) is 4.30. The lowest BCUT2D eigenvalue weighted by Gasteiger charge is -2.17. The Bertz CT molecular complexity index is 652. The molecule has 0 radical (unpaired) electrons. The van der Waals surface area contributed by atoms with Gasteiger partial charge in [-0.2, -0.15) is 0 Å². The fourth-order valence-electron chi connectivity index (χ4n) is 2.61. The van der Waals surface area contributed by atoms with Crippen LogP contribution in [-0.4, -0.2) is 29.9 Å². The molecule has 0 spiro atoms. The van der Waals surface area contributed by atoms with Crippen LogP contribution >= 0.6 is 0 Å². The molecule has 0 aliphatic rings. The van der Waals surface area contributed by atoms with Crippen LogP contribution in [0, 0.1) is 0 Å². The zero-order valence-electron chi connectivity index (χ0n) is 14.9. The quantitative estimate of drug-likeness (QED) is 0.660. The van der Waals surface area contributed by atoms with Crippen LogP contribution in [-0.2, 0) is 22.4 Å². The fourth-order valence-corrected chi connectivity index (χ4v) is 2.61. The van der Waals surface area contributed by atoms with Gasteiger partial charge in [0.2, 0.25) is 0 Å². The molecule has 4 heteroatoms. The number of aryl methyl sites for hydroxylation is 1. The molecule has 2 aromatic carbocycles. The van der Waals surface area contributed by atoms with Gasteiger partial charge in [-0.1, -0.05) is 42.5 Å². The van der Waals surface area contributed by atoms with Gasteiger partial charge < -0.3 is 14.6 Å². The molecule has 0 fully saturated rings. The lowest BCUT2D eigenvalue weighted by molar-refractivity contribution is -0.153. The van der Waals surface area contributed by atoms with Gasteiger partial charge in [0, 0.05) is 6.42 Å². The lowest BCUT2D eigenvalue weighted by Crippen LogP contribution is -2.29. The van der Waals surface area contributed by atoms with E-state index < -0.39 is 12.1 Å². The van der Waals surface area contributed by atoms with E-state index in [0.29, 0.717) is 13.0 Å². The molecule has 0 aliphatic heterocycles. The molecule has 2 rings (SSSR count). The van der Waals surface area contributed by atoms with Crippen LogP contribution in [0.1, 0.15) is 31.4 Å². The van der Waals surface area contributed by atoms with Gasteiger partial charge in [0.05, 0.1) is 12.7 Å². The van der Waals surface area contributed by atoms with Crippen molar-refractivity contribution in [3.63, 3.8) is 0 Å². The number of hydrogen-bond donors (Lipinski definition) is 1. The number of ether oxygens (including phenoxy) is 2. The Morgan fingerprint density at radius 1 is 1.04 bits per heavy atom. The monoisotopic (exact) mass is 342 g/mol. The summed E-state index contributed by atoms with van der Waals surface area (Å²) < 4.78 is 11.3. The largest absolute Gasteiger partial charge is 0.494 e. The van der Waals surface area contributed by atoms with Crippen molar-refractivity contribution in [2.75, 3.05) is 6.61 Å². The predicted octanol–water partition coefficient (Wildman–Crippen LogP) is 4.12. The van der Waals surface area contributed by atoms with Crippen molar-refractivity contribution in [1.82, 2.24) is 0 Å². The molecule has 0 bridgehead atoms. The van der Waals surface area contributed by atoms with E-state index in [1.54, 1.807) is 0 Å². The highest BCUT2D eigenvalue weighted by Crippen LogP contribution is 2.17. The first-order valence-electron chi connectivity index (χ1n) is 8.68. The van der Waals surface area contributed by atoms with Crippen LogP contribution in [0.25, 0.3) is 0 Å². The summed E-state index contributed by atoms with van der Waals surface area (Å²) in [7, 11) is 0. The molecule has 25 heavy (non-hydrogen) atoms. The average Bonchev–Trinajstić information content (AvgIpc) is 2.59. The number of aliphatic carboxylic acids is 1. The van der Waals surface area contributed by atoms with Crippen molar-refractivity contribution >= 4 is 5.97 Å². The van der Waals surface area contributed by atoms with Crippen molar-refractivity contribution in [1.29, 1.82) is 0 Å². The number of carboxylic acid groups (broad SMARTS) is 1. The maximum Gasteiger partial charge on any atom is 0.333 e. The molecule has 0 saturated heterocycles. The van der Waals surface area contributed by atoms with Crippen LogP contribution in [0.5, 0.6) is 5.75 Å². The van der Waals surface area contributed by atoms with Gasteiger partial charge >= 0.3 is 5.97 Å². The Kier molecular flexibility index (Phi) is 7.48. The van der Waals surface area contributed by atoms with Gasteiger partial charge in [-0.15, -0.1) is 0 Å². The van der Waals surface area contributed by atoms with E-state index in [0.717, 1.165) is 24.2 Å². The summed E-state index contributed by atoms with van der Waals surface area (Å²) in [5.41, 5.74) is 2.20. The molecule has 1 N–H and O–H groups in total. The standard InChI is InChI=1S/C21H26O4/c1-16(2)25-20(21(22)23)15-18-10-6-12-19(14-18)24-13-7-11-17-8-4-3-5-9-17/h3-6,8-10,12,14,16,20H,7,11,13,15H2,1-2H3,(H,22,23). The zero-order valence-corrected chi connectivity index (χ0v) is 14.9. The van der Waals surface area contributed by atoms with Crippen molar-refractivity contribution in [2.24, 2.45) is 0 Å². The molecular weight excluding hydrogens is 316 g/mol. The van der Waals surface area contributed by atoms with E-state index in [1.165, 1.54) is 5.56 Å². The fraction of sp³-hybridized carbons (Fsp3) is 0.381. The summed E-state index contributed by atoms with van der Waals surface area (Å²) in [5.74, 6) is -0.179. The van der Waals surface area contributed by atoms with E-state index in [9.17, 15) is 9.90 Å². The average molecular weight is 342 g/mol. The first-order valence-corrected chi connectivity index (χ1v) is 8.68. The highest BCUT2D eigenvalue weighted by atomic mass is 16.5. The Morgan fingerprint density at radius 2 is 1.76 bits per heavy atom. The SMILES string of the molecule is CC(C)OC(Cc1cccc(OCCCc2ccccc2)c1)C(=O)O. The van der Waals surface area contributed by atoms with Crippen LogP contribution < -0.4 is 4.74 Å². The van der Waals surface area contributed by atoms with Gasteiger partial charge in [0.1, 0.15) is 5.75 Å². The summed E-state index contributed by atoms with van der Waals surface area (Å²) in [6.07, 6.45) is 1.27. The Labute approximate surface area is 149 Å². The lowest BCUT2D eigenvalue weighted by atomic mass is 10.1. The third kappa shape index (κ3) is 6.98. The molecule has 1 atom stereocenters. The molecule has 0 heterocycles. The normalized spacial score (nSPS) is 12.1. The number of benzene rings is 2. The summed E-state index contributed by atoms with van der Waals surface area (Å²) in [6, 6.07) is 17.9. The van der Waals surface area contributed by atoms with Crippen molar-refractivity contribution in [2.45, 2.75) is 45.3 Å². The van der Waals surface area contributed by atoms with Crippen LogP contribution in [0.3, 0.4) is 0 Å². The zero-order chi connectivity index (χ0) is 18.1. The van der Waals surface area contributed by atoms with Crippen LogP contribution in [0.2, 0.25) is 0 Å². The maximum absolute atomic E-state index is 11.3. The number of carboxylic acids is 1. The number of carbonyl (C=O) groups is 1. The van der Waals surface area contributed by atoms with Crippen LogP contribution in [0.15, 0.2) is 54.6 Å². The highest BCUT2D eigenvalue weighted by molar-refractivity contribution is 5.72. The van der Waals surface area contributed by atoms with E-state index in [1.807, 2.05) is 56.3 Å². The third-order valence-corrected chi connectivity index (χ3v) is 3.75. The van der Waals surface area contributed by atoms with E-state index in [4.69, 9.17) is 9.47 Å². The minimum absolute atomic E-state index is 0.126. The van der Waals surface area contributed by atoms with Crippen molar-refractivity contribution in [3.8, 4) is 5.75 Å². The molecule has 0 aliphatic carbocycles. The number of hydrogen-bond acceptors (Lipinski definition) is 3. The maximum atomic E-state index is 11.3.